The minimum atomic E-state index is -1.13. The van der Waals surface area contributed by atoms with E-state index in [2.05, 4.69) is 20.9 Å². The first-order chi connectivity index (χ1) is 18.5. The van der Waals surface area contributed by atoms with Crippen LogP contribution >= 0.6 is 11.3 Å². The SMILES string of the molecule is COC[C@H](NC(=O)[C@H](COC(C)C)NC(=O)c1cnc(C)s1)C(=O)N[C@@H](Cc1ccccc1)C(=O)[C@@]1(C)CO1. The maximum atomic E-state index is 13.3. The van der Waals surface area contributed by atoms with E-state index in [4.69, 9.17) is 14.2 Å². The zero-order chi connectivity index (χ0) is 28.6. The van der Waals surface area contributed by atoms with E-state index in [0.29, 0.717) is 9.88 Å². The molecule has 0 aliphatic carbocycles. The number of hydrogen-bond donors (Lipinski definition) is 3. The highest BCUT2D eigenvalue weighted by molar-refractivity contribution is 7.13. The second-order valence-electron chi connectivity index (χ2n) is 9.80. The van der Waals surface area contributed by atoms with Gasteiger partial charge in [-0.25, -0.2) is 4.98 Å². The number of rotatable bonds is 15. The lowest BCUT2D eigenvalue weighted by Gasteiger charge is -2.26. The second-order valence-corrected chi connectivity index (χ2v) is 11.0. The number of carbonyl (C=O) groups excluding carboxylic acids is 4. The Kier molecular flexibility index (Phi) is 10.7. The number of thiazole rings is 1. The number of hydrogen-bond acceptors (Lipinski definition) is 9. The molecule has 11 nitrogen and oxygen atoms in total. The van der Waals surface area contributed by atoms with Crippen molar-refractivity contribution in [1.29, 1.82) is 0 Å². The summed E-state index contributed by atoms with van der Waals surface area (Å²) >= 11 is 1.20. The lowest BCUT2D eigenvalue weighted by Crippen LogP contribution is -2.59. The van der Waals surface area contributed by atoms with Gasteiger partial charge < -0.3 is 30.2 Å². The molecule has 2 heterocycles. The molecule has 0 bridgehead atoms. The average Bonchev–Trinajstić information content (AvgIpc) is 3.50. The van der Waals surface area contributed by atoms with E-state index in [1.54, 1.807) is 27.7 Å². The van der Waals surface area contributed by atoms with Crippen LogP contribution in [-0.2, 0) is 35.0 Å². The summed E-state index contributed by atoms with van der Waals surface area (Å²) in [7, 11) is 1.39. The number of amides is 3. The number of aromatic nitrogens is 1. The van der Waals surface area contributed by atoms with Gasteiger partial charge in [0.05, 0.1) is 43.2 Å². The number of Topliss-reactive ketones (excluding diaryl/α,β-unsaturated/α-hetero) is 1. The maximum absolute atomic E-state index is 13.3. The Bertz CT molecular complexity index is 1150. The average molecular weight is 561 g/mol. The summed E-state index contributed by atoms with van der Waals surface area (Å²) in [6.07, 6.45) is 1.49. The van der Waals surface area contributed by atoms with Crippen molar-refractivity contribution in [3.63, 3.8) is 0 Å². The third-order valence-corrected chi connectivity index (χ3v) is 6.96. The number of aryl methyl sites for hydroxylation is 1. The van der Waals surface area contributed by atoms with Crippen molar-refractivity contribution in [2.24, 2.45) is 0 Å². The Morgan fingerprint density at radius 1 is 1.03 bits per heavy atom. The predicted octanol–water partition coefficient (Wildman–Crippen LogP) is 1.19. The highest BCUT2D eigenvalue weighted by Gasteiger charge is 2.50. The van der Waals surface area contributed by atoms with Crippen LogP contribution in [0, 0.1) is 6.92 Å². The number of epoxide rings is 1. The quantitative estimate of drug-likeness (QED) is 0.275. The van der Waals surface area contributed by atoms with E-state index >= 15 is 0 Å². The topological polar surface area (TPSA) is 148 Å². The number of ketones is 1. The zero-order valence-corrected chi connectivity index (χ0v) is 23.6. The monoisotopic (exact) mass is 560 g/mol. The van der Waals surface area contributed by atoms with Crippen molar-refractivity contribution in [2.75, 3.05) is 26.9 Å². The molecule has 3 N–H and O–H groups in total. The van der Waals surface area contributed by atoms with E-state index in [9.17, 15) is 19.2 Å². The van der Waals surface area contributed by atoms with Crippen molar-refractivity contribution in [3.05, 3.63) is 52.0 Å². The predicted molar refractivity (Wildman–Crippen MR) is 144 cm³/mol. The number of carbonyl (C=O) groups is 4. The van der Waals surface area contributed by atoms with Crippen LogP contribution in [0.4, 0.5) is 0 Å². The van der Waals surface area contributed by atoms with E-state index < -0.39 is 41.4 Å². The normalized spacial score (nSPS) is 18.6. The Morgan fingerprint density at radius 3 is 2.18 bits per heavy atom. The molecule has 3 amide bonds. The van der Waals surface area contributed by atoms with Gasteiger partial charge in [0.15, 0.2) is 5.78 Å². The Hall–Kier alpha value is -3.19. The van der Waals surface area contributed by atoms with Gasteiger partial charge in [0.25, 0.3) is 5.91 Å². The first kappa shape index (κ1) is 30.4. The fourth-order valence-corrected chi connectivity index (χ4v) is 4.42. The van der Waals surface area contributed by atoms with Gasteiger partial charge >= 0.3 is 0 Å². The van der Waals surface area contributed by atoms with Crippen LogP contribution in [0.3, 0.4) is 0 Å². The van der Waals surface area contributed by atoms with Crippen LogP contribution in [0.5, 0.6) is 0 Å². The van der Waals surface area contributed by atoms with Crippen molar-refractivity contribution in [1.82, 2.24) is 20.9 Å². The minimum Gasteiger partial charge on any atom is -0.382 e. The lowest BCUT2D eigenvalue weighted by atomic mass is 9.94. The maximum Gasteiger partial charge on any atom is 0.263 e. The number of benzene rings is 1. The summed E-state index contributed by atoms with van der Waals surface area (Å²) in [4.78, 5) is 56.9. The van der Waals surface area contributed by atoms with Crippen molar-refractivity contribution in [2.45, 2.75) is 63.9 Å². The summed E-state index contributed by atoms with van der Waals surface area (Å²) in [6.45, 7) is 7.07. The van der Waals surface area contributed by atoms with Gasteiger partial charge in [0, 0.05) is 7.11 Å². The molecule has 1 aliphatic rings. The molecule has 3 rings (SSSR count). The first-order valence-corrected chi connectivity index (χ1v) is 13.5. The molecule has 39 heavy (non-hydrogen) atoms. The van der Waals surface area contributed by atoms with Crippen molar-refractivity contribution in [3.8, 4) is 0 Å². The van der Waals surface area contributed by atoms with Crippen molar-refractivity contribution >= 4 is 34.8 Å². The molecule has 1 saturated heterocycles. The molecule has 1 fully saturated rings. The third-order valence-electron chi connectivity index (χ3n) is 6.04. The molecule has 1 aromatic carbocycles. The number of ether oxygens (including phenoxy) is 3. The summed E-state index contributed by atoms with van der Waals surface area (Å²) in [5.41, 5.74) is -0.0923. The van der Waals surface area contributed by atoms with Crippen LogP contribution in [0.2, 0.25) is 0 Å². The van der Waals surface area contributed by atoms with Gasteiger partial charge in [0.1, 0.15) is 22.6 Å². The molecule has 12 heteroatoms. The van der Waals surface area contributed by atoms with Gasteiger partial charge in [-0.3, -0.25) is 19.2 Å². The van der Waals surface area contributed by atoms with E-state index in [0.717, 1.165) is 5.56 Å². The summed E-state index contributed by atoms with van der Waals surface area (Å²) < 4.78 is 16.1. The van der Waals surface area contributed by atoms with E-state index in [1.165, 1.54) is 24.6 Å². The molecule has 0 unspecified atom stereocenters. The molecule has 0 spiro atoms. The van der Waals surface area contributed by atoms with Crippen LogP contribution in [0.1, 0.15) is 41.0 Å². The van der Waals surface area contributed by atoms with Crippen LogP contribution in [-0.4, -0.2) is 85.2 Å². The molecule has 0 radical (unpaired) electrons. The largest absolute Gasteiger partial charge is 0.382 e. The molecule has 1 aromatic heterocycles. The van der Waals surface area contributed by atoms with Gasteiger partial charge in [-0.15, -0.1) is 11.3 Å². The Labute approximate surface area is 232 Å². The molecule has 0 saturated carbocycles. The molecule has 212 valence electrons. The smallest absolute Gasteiger partial charge is 0.263 e. The van der Waals surface area contributed by atoms with E-state index in [-0.39, 0.29) is 38.1 Å². The highest BCUT2D eigenvalue weighted by atomic mass is 32.1. The first-order valence-electron chi connectivity index (χ1n) is 12.7. The fourth-order valence-electron chi connectivity index (χ4n) is 3.74. The molecular weight excluding hydrogens is 524 g/mol. The zero-order valence-electron chi connectivity index (χ0n) is 22.8. The molecular formula is C27H36N4O7S. The fraction of sp³-hybridized carbons (Fsp3) is 0.519. The summed E-state index contributed by atoms with van der Waals surface area (Å²) in [6, 6.07) is 6.20. The molecule has 1 aliphatic heterocycles. The number of methoxy groups -OCH3 is 1. The standard InChI is InChI=1S/C27H36N4O7S/c1-16(2)37-14-21(31-26(35)22-12-28-17(3)39-22)25(34)30-20(13-36-5)24(33)29-19(23(32)27(4)15-38-27)11-18-9-7-6-8-10-18/h6-10,12,16,19-21H,11,13-15H2,1-5H3,(H,29,33)(H,30,34)(H,31,35)/t19-,20-,21-,27+/m0/s1. The van der Waals surface area contributed by atoms with Crippen molar-refractivity contribution < 1.29 is 33.4 Å². The van der Waals surface area contributed by atoms with Gasteiger partial charge in [-0.05, 0) is 39.7 Å². The summed E-state index contributed by atoms with van der Waals surface area (Å²) in [5.74, 6) is -1.97. The van der Waals surface area contributed by atoms with Crippen LogP contribution < -0.4 is 16.0 Å². The molecule has 2 aromatic rings. The second kappa shape index (κ2) is 13.7. The van der Waals surface area contributed by atoms with Gasteiger partial charge in [-0.1, -0.05) is 30.3 Å². The summed E-state index contributed by atoms with van der Waals surface area (Å²) in [5, 5.41) is 8.78. The third kappa shape index (κ3) is 8.92. The van der Waals surface area contributed by atoms with Crippen LogP contribution in [0.15, 0.2) is 36.5 Å². The van der Waals surface area contributed by atoms with Crippen LogP contribution in [0.25, 0.3) is 0 Å². The highest BCUT2D eigenvalue weighted by Crippen LogP contribution is 2.29. The van der Waals surface area contributed by atoms with E-state index in [1.807, 2.05) is 30.3 Å². The lowest BCUT2D eigenvalue weighted by molar-refractivity contribution is -0.134. The number of nitrogens with one attached hydrogen (secondary N) is 3. The van der Waals surface area contributed by atoms with Gasteiger partial charge in [0.2, 0.25) is 11.8 Å². The number of nitrogens with zero attached hydrogens (tertiary/aromatic N) is 1. The Morgan fingerprint density at radius 2 is 1.64 bits per heavy atom. The minimum absolute atomic E-state index is 0.112. The van der Waals surface area contributed by atoms with Gasteiger partial charge in [-0.2, -0.15) is 0 Å². The Balaban J connectivity index is 1.73. The molecule has 4 atom stereocenters.